The van der Waals surface area contributed by atoms with Gasteiger partial charge in [0.1, 0.15) is 5.82 Å². The van der Waals surface area contributed by atoms with Crippen LogP contribution in [0.2, 0.25) is 0 Å². The SMILES string of the molecule is CCC(=O)Nc1ccc(NCCC(C)C)nc1. The van der Waals surface area contributed by atoms with E-state index in [0.717, 1.165) is 24.5 Å². The topological polar surface area (TPSA) is 54.0 Å². The van der Waals surface area contributed by atoms with Gasteiger partial charge in [0.2, 0.25) is 5.91 Å². The van der Waals surface area contributed by atoms with Crippen molar-refractivity contribution >= 4 is 17.4 Å². The van der Waals surface area contributed by atoms with Gasteiger partial charge in [-0.15, -0.1) is 0 Å². The maximum atomic E-state index is 11.2. The van der Waals surface area contributed by atoms with Crippen LogP contribution in [0.1, 0.15) is 33.6 Å². The summed E-state index contributed by atoms with van der Waals surface area (Å²) in [6, 6.07) is 3.74. The predicted molar refractivity (Wildman–Crippen MR) is 71.1 cm³/mol. The average Bonchev–Trinajstić information content (AvgIpc) is 2.31. The third kappa shape index (κ3) is 5.33. The van der Waals surface area contributed by atoms with E-state index in [1.807, 2.05) is 19.1 Å². The molecule has 0 aromatic carbocycles. The summed E-state index contributed by atoms with van der Waals surface area (Å²) in [5.74, 6) is 1.54. The first-order valence-electron chi connectivity index (χ1n) is 6.11. The fraction of sp³-hybridized carbons (Fsp3) is 0.538. The smallest absolute Gasteiger partial charge is 0.224 e. The molecule has 0 aliphatic carbocycles. The summed E-state index contributed by atoms with van der Waals surface area (Å²) < 4.78 is 0. The van der Waals surface area contributed by atoms with Gasteiger partial charge in [-0.3, -0.25) is 4.79 Å². The first-order valence-corrected chi connectivity index (χ1v) is 6.11. The molecule has 2 N–H and O–H groups in total. The third-order valence-corrected chi connectivity index (χ3v) is 2.40. The second kappa shape index (κ2) is 6.89. The zero-order chi connectivity index (χ0) is 12.7. The molecule has 0 aliphatic rings. The Bertz CT molecular complexity index is 346. The zero-order valence-corrected chi connectivity index (χ0v) is 10.8. The van der Waals surface area contributed by atoms with Crippen molar-refractivity contribution in [1.82, 2.24) is 4.98 Å². The van der Waals surface area contributed by atoms with Gasteiger partial charge in [0.05, 0.1) is 11.9 Å². The molecule has 0 bridgehead atoms. The number of amides is 1. The van der Waals surface area contributed by atoms with E-state index in [4.69, 9.17) is 0 Å². The quantitative estimate of drug-likeness (QED) is 0.797. The third-order valence-electron chi connectivity index (χ3n) is 2.40. The minimum Gasteiger partial charge on any atom is -0.370 e. The van der Waals surface area contributed by atoms with Gasteiger partial charge in [-0.05, 0) is 24.5 Å². The summed E-state index contributed by atoms with van der Waals surface area (Å²) in [6.45, 7) is 7.13. The Labute approximate surface area is 103 Å². The molecule has 94 valence electrons. The van der Waals surface area contributed by atoms with Gasteiger partial charge >= 0.3 is 0 Å². The molecule has 1 aromatic rings. The molecule has 0 saturated carbocycles. The lowest BCUT2D eigenvalue weighted by molar-refractivity contribution is -0.115. The van der Waals surface area contributed by atoms with Crippen molar-refractivity contribution in [3.63, 3.8) is 0 Å². The van der Waals surface area contributed by atoms with Gasteiger partial charge in [-0.25, -0.2) is 4.98 Å². The van der Waals surface area contributed by atoms with Crippen molar-refractivity contribution < 1.29 is 4.79 Å². The molecule has 1 amide bonds. The van der Waals surface area contributed by atoms with Crippen LogP contribution < -0.4 is 10.6 Å². The number of pyridine rings is 1. The molecule has 1 aromatic heterocycles. The van der Waals surface area contributed by atoms with Crippen LogP contribution in [0.25, 0.3) is 0 Å². The number of aromatic nitrogens is 1. The van der Waals surface area contributed by atoms with E-state index >= 15 is 0 Å². The molecule has 0 atom stereocenters. The first-order chi connectivity index (χ1) is 8.11. The van der Waals surface area contributed by atoms with E-state index < -0.39 is 0 Å². The van der Waals surface area contributed by atoms with Gasteiger partial charge in [-0.2, -0.15) is 0 Å². The second-order valence-corrected chi connectivity index (χ2v) is 4.44. The maximum Gasteiger partial charge on any atom is 0.224 e. The van der Waals surface area contributed by atoms with Crippen molar-refractivity contribution in [1.29, 1.82) is 0 Å². The molecule has 4 nitrogen and oxygen atoms in total. The van der Waals surface area contributed by atoms with Crippen LogP contribution in [0.4, 0.5) is 11.5 Å². The average molecular weight is 235 g/mol. The van der Waals surface area contributed by atoms with E-state index in [9.17, 15) is 4.79 Å². The second-order valence-electron chi connectivity index (χ2n) is 4.44. The van der Waals surface area contributed by atoms with Crippen molar-refractivity contribution in [2.45, 2.75) is 33.6 Å². The maximum absolute atomic E-state index is 11.2. The van der Waals surface area contributed by atoms with Crippen LogP contribution in [0.3, 0.4) is 0 Å². The number of hydrogen-bond acceptors (Lipinski definition) is 3. The highest BCUT2D eigenvalue weighted by atomic mass is 16.1. The Morgan fingerprint density at radius 3 is 2.71 bits per heavy atom. The minimum absolute atomic E-state index is 0.00677. The Morgan fingerprint density at radius 2 is 2.18 bits per heavy atom. The Kier molecular flexibility index (Phi) is 5.46. The molecular weight excluding hydrogens is 214 g/mol. The number of nitrogens with zero attached hydrogens (tertiary/aromatic N) is 1. The van der Waals surface area contributed by atoms with Crippen LogP contribution in [0.15, 0.2) is 18.3 Å². The summed E-state index contributed by atoms with van der Waals surface area (Å²) in [7, 11) is 0. The fourth-order valence-electron chi connectivity index (χ4n) is 1.31. The molecular formula is C13H21N3O. The first kappa shape index (κ1) is 13.5. The van der Waals surface area contributed by atoms with Crippen molar-refractivity contribution in [3.05, 3.63) is 18.3 Å². The molecule has 0 saturated heterocycles. The molecule has 1 heterocycles. The summed E-state index contributed by atoms with van der Waals surface area (Å²) >= 11 is 0. The summed E-state index contributed by atoms with van der Waals surface area (Å²) in [5, 5.41) is 6.01. The van der Waals surface area contributed by atoms with E-state index in [2.05, 4.69) is 29.5 Å². The van der Waals surface area contributed by atoms with Crippen molar-refractivity contribution in [3.8, 4) is 0 Å². The molecule has 0 radical (unpaired) electrons. The van der Waals surface area contributed by atoms with Crippen LogP contribution in [-0.4, -0.2) is 17.4 Å². The molecule has 0 fully saturated rings. The molecule has 4 heteroatoms. The number of hydrogen-bond donors (Lipinski definition) is 2. The monoisotopic (exact) mass is 235 g/mol. The minimum atomic E-state index is 0.00677. The summed E-state index contributed by atoms with van der Waals surface area (Å²) in [4.78, 5) is 15.4. The van der Waals surface area contributed by atoms with Crippen LogP contribution in [0.5, 0.6) is 0 Å². The highest BCUT2D eigenvalue weighted by Gasteiger charge is 2.00. The molecule has 0 unspecified atom stereocenters. The number of rotatable bonds is 6. The zero-order valence-electron chi connectivity index (χ0n) is 10.8. The van der Waals surface area contributed by atoms with E-state index in [-0.39, 0.29) is 5.91 Å². The molecule has 1 rings (SSSR count). The van der Waals surface area contributed by atoms with Crippen LogP contribution in [0, 0.1) is 5.92 Å². The largest absolute Gasteiger partial charge is 0.370 e. The Morgan fingerprint density at radius 1 is 1.41 bits per heavy atom. The Hall–Kier alpha value is -1.58. The lowest BCUT2D eigenvalue weighted by atomic mass is 10.1. The molecule has 0 spiro atoms. The van der Waals surface area contributed by atoms with E-state index in [0.29, 0.717) is 12.3 Å². The standard InChI is InChI=1S/C13H21N3O/c1-4-13(17)16-11-5-6-12(15-9-11)14-8-7-10(2)3/h5-6,9-10H,4,7-8H2,1-3H3,(H,14,15)(H,16,17). The van der Waals surface area contributed by atoms with Crippen molar-refractivity contribution in [2.75, 3.05) is 17.2 Å². The highest BCUT2D eigenvalue weighted by molar-refractivity contribution is 5.90. The van der Waals surface area contributed by atoms with Gasteiger partial charge in [-0.1, -0.05) is 20.8 Å². The van der Waals surface area contributed by atoms with Crippen molar-refractivity contribution in [2.24, 2.45) is 5.92 Å². The summed E-state index contributed by atoms with van der Waals surface area (Å²) in [6.07, 6.45) is 3.27. The lowest BCUT2D eigenvalue weighted by Gasteiger charge is -2.08. The predicted octanol–water partition coefficient (Wildman–Crippen LogP) is 2.89. The number of carbonyl (C=O) groups excluding carboxylic acids is 1. The van der Waals surface area contributed by atoms with Crippen LogP contribution >= 0.6 is 0 Å². The van der Waals surface area contributed by atoms with Crippen LogP contribution in [-0.2, 0) is 4.79 Å². The lowest BCUT2D eigenvalue weighted by Crippen LogP contribution is -2.10. The molecule has 0 aliphatic heterocycles. The van der Waals surface area contributed by atoms with E-state index in [1.54, 1.807) is 6.20 Å². The normalized spacial score (nSPS) is 10.4. The number of nitrogens with one attached hydrogen (secondary N) is 2. The Balaban J connectivity index is 2.42. The van der Waals surface area contributed by atoms with Gasteiger partial charge < -0.3 is 10.6 Å². The van der Waals surface area contributed by atoms with Gasteiger partial charge in [0, 0.05) is 13.0 Å². The van der Waals surface area contributed by atoms with E-state index in [1.165, 1.54) is 0 Å². The highest BCUT2D eigenvalue weighted by Crippen LogP contribution is 2.10. The fourth-order valence-corrected chi connectivity index (χ4v) is 1.31. The number of carbonyl (C=O) groups is 1. The summed E-state index contributed by atoms with van der Waals surface area (Å²) in [5.41, 5.74) is 0.742. The number of anilines is 2. The van der Waals surface area contributed by atoms with Gasteiger partial charge in [0.25, 0.3) is 0 Å². The molecule has 17 heavy (non-hydrogen) atoms. The van der Waals surface area contributed by atoms with Gasteiger partial charge in [0.15, 0.2) is 0 Å².